The summed E-state index contributed by atoms with van der Waals surface area (Å²) in [6.45, 7) is 4.04. The fraction of sp³-hybridized carbons (Fsp3) is 0.714. The maximum Gasteiger partial charge on any atom is 0.0756 e. The second kappa shape index (κ2) is 3.28. The maximum absolute atomic E-state index is 5.81. The normalized spacial score (nSPS) is 11.9. The third-order valence-electron chi connectivity index (χ3n) is 1.43. The Kier molecular flexibility index (Phi) is 2.57. The zero-order valence-corrected chi connectivity index (χ0v) is 7.69. The first kappa shape index (κ1) is 8.62. The van der Waals surface area contributed by atoms with Gasteiger partial charge in [0.05, 0.1) is 5.69 Å². The van der Waals surface area contributed by atoms with E-state index in [-0.39, 0.29) is 5.54 Å². The second-order valence-electron chi connectivity index (χ2n) is 3.38. The quantitative estimate of drug-likeness (QED) is 0.743. The van der Waals surface area contributed by atoms with Crippen molar-refractivity contribution >= 4 is 11.5 Å². The van der Waals surface area contributed by atoms with Gasteiger partial charge in [0.15, 0.2) is 0 Å². The van der Waals surface area contributed by atoms with Crippen LogP contribution in [0.15, 0.2) is 5.38 Å². The van der Waals surface area contributed by atoms with Gasteiger partial charge in [-0.1, -0.05) is 4.49 Å². The van der Waals surface area contributed by atoms with Crippen molar-refractivity contribution in [2.24, 2.45) is 5.73 Å². The summed E-state index contributed by atoms with van der Waals surface area (Å²) in [5.41, 5.74) is 6.76. The predicted octanol–water partition coefficient (Wildman–Crippen LogP) is 1.21. The van der Waals surface area contributed by atoms with Gasteiger partial charge in [0.2, 0.25) is 0 Å². The molecule has 1 aromatic rings. The average Bonchev–Trinajstić information content (AvgIpc) is 2.32. The Balaban J connectivity index is 2.35. The van der Waals surface area contributed by atoms with Gasteiger partial charge in [0, 0.05) is 10.9 Å². The molecular formula is C7H13N3S. The van der Waals surface area contributed by atoms with E-state index in [0.717, 1.165) is 18.5 Å². The van der Waals surface area contributed by atoms with Crippen molar-refractivity contribution in [2.45, 2.75) is 32.2 Å². The van der Waals surface area contributed by atoms with Crippen LogP contribution in [0.25, 0.3) is 0 Å². The van der Waals surface area contributed by atoms with Gasteiger partial charge >= 0.3 is 0 Å². The summed E-state index contributed by atoms with van der Waals surface area (Å²) >= 11 is 1.39. The molecule has 0 amide bonds. The minimum Gasteiger partial charge on any atom is -0.326 e. The van der Waals surface area contributed by atoms with E-state index in [0.29, 0.717) is 0 Å². The monoisotopic (exact) mass is 171 g/mol. The molecule has 0 atom stereocenters. The van der Waals surface area contributed by atoms with Crippen LogP contribution in [0.1, 0.15) is 26.0 Å². The van der Waals surface area contributed by atoms with Crippen molar-refractivity contribution in [2.75, 3.05) is 0 Å². The van der Waals surface area contributed by atoms with Crippen LogP contribution in [0.4, 0.5) is 0 Å². The first-order chi connectivity index (χ1) is 5.08. The molecule has 2 N–H and O–H groups in total. The fourth-order valence-corrected chi connectivity index (χ4v) is 1.23. The van der Waals surface area contributed by atoms with Crippen molar-refractivity contribution < 1.29 is 0 Å². The molecule has 0 aliphatic rings. The number of aromatic nitrogens is 2. The molecule has 0 bridgehead atoms. The van der Waals surface area contributed by atoms with Crippen LogP contribution in [0.2, 0.25) is 0 Å². The lowest BCUT2D eigenvalue weighted by atomic mass is 9.99. The molecule has 0 saturated heterocycles. The molecule has 1 rings (SSSR count). The van der Waals surface area contributed by atoms with Gasteiger partial charge in [0.25, 0.3) is 0 Å². The summed E-state index contributed by atoms with van der Waals surface area (Å²) in [5.74, 6) is 0. The van der Waals surface area contributed by atoms with Gasteiger partial charge in [-0.2, -0.15) is 0 Å². The summed E-state index contributed by atoms with van der Waals surface area (Å²) < 4.78 is 3.77. The molecule has 1 aromatic heterocycles. The van der Waals surface area contributed by atoms with E-state index in [2.05, 4.69) is 9.59 Å². The lowest BCUT2D eigenvalue weighted by Crippen LogP contribution is -2.32. The number of nitrogens with zero attached hydrogens (tertiary/aromatic N) is 2. The molecule has 62 valence electrons. The van der Waals surface area contributed by atoms with Crippen LogP contribution in [0, 0.1) is 0 Å². The largest absolute Gasteiger partial charge is 0.326 e. The van der Waals surface area contributed by atoms with E-state index in [1.165, 1.54) is 11.5 Å². The van der Waals surface area contributed by atoms with E-state index in [1.807, 2.05) is 19.2 Å². The fourth-order valence-electron chi connectivity index (χ4n) is 0.743. The molecule has 0 unspecified atom stereocenters. The van der Waals surface area contributed by atoms with Gasteiger partial charge in [-0.3, -0.25) is 0 Å². The number of aryl methyl sites for hydroxylation is 1. The van der Waals surface area contributed by atoms with E-state index in [4.69, 9.17) is 5.73 Å². The predicted molar refractivity (Wildman–Crippen MR) is 46.5 cm³/mol. The number of hydrogen-bond acceptors (Lipinski definition) is 4. The molecule has 0 saturated carbocycles. The van der Waals surface area contributed by atoms with Crippen LogP contribution < -0.4 is 5.73 Å². The van der Waals surface area contributed by atoms with Crippen molar-refractivity contribution in [1.29, 1.82) is 0 Å². The highest BCUT2D eigenvalue weighted by Crippen LogP contribution is 2.09. The molecule has 0 aliphatic carbocycles. The molecule has 11 heavy (non-hydrogen) atoms. The minimum atomic E-state index is -0.0936. The van der Waals surface area contributed by atoms with Gasteiger partial charge in [-0.15, -0.1) is 5.10 Å². The van der Waals surface area contributed by atoms with Gasteiger partial charge < -0.3 is 5.73 Å². The van der Waals surface area contributed by atoms with Crippen molar-refractivity contribution in [3.63, 3.8) is 0 Å². The topological polar surface area (TPSA) is 51.8 Å². The Labute approximate surface area is 70.8 Å². The van der Waals surface area contributed by atoms with Gasteiger partial charge in [-0.25, -0.2) is 0 Å². The summed E-state index contributed by atoms with van der Waals surface area (Å²) in [4.78, 5) is 0. The minimum absolute atomic E-state index is 0.0936. The zero-order valence-electron chi connectivity index (χ0n) is 6.87. The Bertz CT molecular complexity index is 200. The Morgan fingerprint density at radius 3 is 2.82 bits per heavy atom. The lowest BCUT2D eigenvalue weighted by Gasteiger charge is -2.16. The smallest absolute Gasteiger partial charge is 0.0756 e. The highest BCUT2D eigenvalue weighted by Gasteiger charge is 2.10. The molecule has 1 heterocycles. The third kappa shape index (κ3) is 3.43. The number of nitrogens with two attached hydrogens (primary N) is 1. The van der Waals surface area contributed by atoms with Crippen LogP contribution in [0.3, 0.4) is 0 Å². The standard InChI is InChI=1S/C7H13N3S/c1-7(2,8)4-3-6-5-11-10-9-6/h5H,3-4,8H2,1-2H3. The third-order valence-corrected chi connectivity index (χ3v) is 1.98. The van der Waals surface area contributed by atoms with Gasteiger partial charge in [-0.05, 0) is 38.2 Å². The molecule has 0 aromatic carbocycles. The SMILES string of the molecule is CC(C)(N)CCc1csnn1. The van der Waals surface area contributed by atoms with Crippen molar-refractivity contribution in [3.8, 4) is 0 Å². The second-order valence-corrected chi connectivity index (χ2v) is 3.99. The highest BCUT2D eigenvalue weighted by molar-refractivity contribution is 7.03. The molecule has 3 nitrogen and oxygen atoms in total. The summed E-state index contributed by atoms with van der Waals surface area (Å²) in [6, 6.07) is 0. The molecule has 0 spiro atoms. The van der Waals surface area contributed by atoms with E-state index >= 15 is 0 Å². The summed E-state index contributed by atoms with van der Waals surface area (Å²) in [7, 11) is 0. The Morgan fingerprint density at radius 1 is 1.64 bits per heavy atom. The van der Waals surface area contributed by atoms with Crippen molar-refractivity contribution in [3.05, 3.63) is 11.1 Å². The van der Waals surface area contributed by atoms with Crippen LogP contribution in [-0.4, -0.2) is 15.1 Å². The molecular weight excluding hydrogens is 158 g/mol. The first-order valence-corrected chi connectivity index (χ1v) is 4.46. The summed E-state index contributed by atoms with van der Waals surface area (Å²) in [6.07, 6.45) is 1.89. The Morgan fingerprint density at radius 2 is 2.36 bits per heavy atom. The average molecular weight is 171 g/mol. The van der Waals surface area contributed by atoms with Crippen LogP contribution in [0.5, 0.6) is 0 Å². The van der Waals surface area contributed by atoms with Crippen molar-refractivity contribution in [1.82, 2.24) is 9.59 Å². The molecule has 0 radical (unpaired) electrons. The van der Waals surface area contributed by atoms with E-state index in [9.17, 15) is 0 Å². The summed E-state index contributed by atoms with van der Waals surface area (Å²) in [5, 5.41) is 5.90. The first-order valence-electron chi connectivity index (χ1n) is 3.63. The maximum atomic E-state index is 5.81. The lowest BCUT2D eigenvalue weighted by molar-refractivity contribution is 0.474. The van der Waals surface area contributed by atoms with Gasteiger partial charge in [0.1, 0.15) is 0 Å². The highest BCUT2D eigenvalue weighted by atomic mass is 32.1. The van der Waals surface area contributed by atoms with Crippen LogP contribution >= 0.6 is 11.5 Å². The number of hydrogen-bond donors (Lipinski definition) is 1. The number of rotatable bonds is 3. The zero-order chi connectivity index (χ0) is 8.32. The Hall–Kier alpha value is -0.480. The molecule has 4 heteroatoms. The molecule has 0 aliphatic heterocycles. The van der Waals surface area contributed by atoms with E-state index in [1.54, 1.807) is 0 Å². The van der Waals surface area contributed by atoms with Crippen LogP contribution in [-0.2, 0) is 6.42 Å². The molecule has 0 fully saturated rings. The van der Waals surface area contributed by atoms with E-state index < -0.39 is 0 Å².